The van der Waals surface area contributed by atoms with Crippen LogP contribution in [0.4, 0.5) is 13.2 Å². The molecule has 0 bridgehead atoms. The molecule has 0 atom stereocenters. The first-order valence-corrected chi connectivity index (χ1v) is 12.3. The van der Waals surface area contributed by atoms with E-state index >= 15 is 0 Å². The van der Waals surface area contributed by atoms with Gasteiger partial charge in [-0.3, -0.25) is 0 Å². The zero-order valence-electron chi connectivity index (χ0n) is 22.0. The molecule has 0 aliphatic heterocycles. The summed E-state index contributed by atoms with van der Waals surface area (Å²) in [6.45, 7) is 1.01. The van der Waals surface area contributed by atoms with Crippen molar-refractivity contribution in [3.05, 3.63) is 102 Å². The van der Waals surface area contributed by atoms with Crippen LogP contribution in [0.15, 0.2) is 84.9 Å². The molecule has 0 aliphatic rings. The van der Waals surface area contributed by atoms with E-state index in [-0.39, 0.29) is 0 Å². The molecule has 39 heavy (non-hydrogen) atoms. The van der Waals surface area contributed by atoms with E-state index in [2.05, 4.69) is 5.32 Å². The Labute approximate surface area is 226 Å². The summed E-state index contributed by atoms with van der Waals surface area (Å²) in [6, 6.07) is 24.4. The second kappa shape index (κ2) is 12.6. The van der Waals surface area contributed by atoms with Gasteiger partial charge < -0.3 is 24.3 Å². The van der Waals surface area contributed by atoms with Gasteiger partial charge in [0.15, 0.2) is 0 Å². The predicted octanol–water partition coefficient (Wildman–Crippen LogP) is 7.52. The number of halogens is 3. The fraction of sp³-hybridized carbons (Fsp3) is 0.226. The Hall–Kier alpha value is -4.17. The summed E-state index contributed by atoms with van der Waals surface area (Å²) in [5, 5.41) is 3.31. The van der Waals surface area contributed by atoms with Crippen LogP contribution >= 0.6 is 0 Å². The van der Waals surface area contributed by atoms with Gasteiger partial charge in [0.1, 0.15) is 28.7 Å². The second-order valence-corrected chi connectivity index (χ2v) is 8.78. The summed E-state index contributed by atoms with van der Waals surface area (Å²) in [7, 11) is 4.79. The Kier molecular flexibility index (Phi) is 8.99. The first kappa shape index (κ1) is 27.9. The Morgan fingerprint density at radius 3 is 1.67 bits per heavy atom. The number of alkyl halides is 3. The molecule has 0 aromatic heterocycles. The minimum absolute atomic E-state index is 0.448. The molecule has 204 valence electrons. The highest BCUT2D eigenvalue weighted by atomic mass is 19.4. The number of hydrogen-bond donors (Lipinski definition) is 1. The van der Waals surface area contributed by atoms with Gasteiger partial charge in [-0.15, -0.1) is 0 Å². The third-order valence-electron chi connectivity index (χ3n) is 6.27. The predicted molar refractivity (Wildman–Crippen MR) is 145 cm³/mol. The van der Waals surface area contributed by atoms with Crippen molar-refractivity contribution in [3.8, 4) is 39.9 Å². The van der Waals surface area contributed by atoms with Crippen molar-refractivity contribution in [2.24, 2.45) is 0 Å². The molecule has 0 heterocycles. The highest BCUT2D eigenvalue weighted by molar-refractivity contribution is 5.65. The molecule has 0 saturated heterocycles. The molecular formula is C31H30F3NO4. The lowest BCUT2D eigenvalue weighted by Crippen LogP contribution is -2.18. The van der Waals surface area contributed by atoms with Gasteiger partial charge in [-0.25, -0.2) is 0 Å². The van der Waals surface area contributed by atoms with Gasteiger partial charge in [-0.05, 0) is 66.1 Å². The van der Waals surface area contributed by atoms with E-state index < -0.39 is 11.7 Å². The lowest BCUT2D eigenvalue weighted by molar-refractivity contribution is -0.137. The van der Waals surface area contributed by atoms with Crippen molar-refractivity contribution < 1.29 is 32.1 Å². The lowest BCUT2D eigenvalue weighted by Gasteiger charge is -2.16. The Morgan fingerprint density at radius 2 is 1.18 bits per heavy atom. The molecule has 5 nitrogen and oxygen atoms in total. The van der Waals surface area contributed by atoms with Crippen LogP contribution in [0.3, 0.4) is 0 Å². The molecule has 0 amide bonds. The Bertz CT molecular complexity index is 1330. The smallest absolute Gasteiger partial charge is 0.416 e. The number of benzene rings is 4. The molecule has 0 unspecified atom stereocenters. The highest BCUT2D eigenvalue weighted by Gasteiger charge is 2.29. The van der Waals surface area contributed by atoms with Crippen LogP contribution in [-0.2, 0) is 19.1 Å². The maximum absolute atomic E-state index is 12.8. The van der Waals surface area contributed by atoms with Crippen molar-refractivity contribution in [1.29, 1.82) is 0 Å². The number of nitrogens with one attached hydrogen (secondary N) is 1. The molecule has 0 fully saturated rings. The SMILES string of the molecule is COc1ccc(-c2ccc(Oc3cc(OC)c(CNCCc4ccc(C(F)(F)F)cc4)c(OC)c3)cc2)cc1. The van der Waals surface area contributed by atoms with Crippen LogP contribution in [0, 0.1) is 0 Å². The molecule has 0 saturated carbocycles. The van der Waals surface area contributed by atoms with E-state index in [1.807, 2.05) is 48.5 Å². The molecule has 0 radical (unpaired) electrons. The number of methoxy groups -OCH3 is 3. The van der Waals surface area contributed by atoms with Crippen LogP contribution in [0.1, 0.15) is 16.7 Å². The summed E-state index contributed by atoms with van der Waals surface area (Å²) in [4.78, 5) is 0. The standard InChI is InChI=1S/C31H30F3NO4/c1-36-25-12-6-22(7-13-25)23-8-14-26(15-9-23)39-27-18-29(37-2)28(30(19-27)38-3)20-35-17-16-21-4-10-24(11-5-21)31(32,33)34/h4-15,18-19,35H,16-17,20H2,1-3H3. The summed E-state index contributed by atoms with van der Waals surface area (Å²) in [5.41, 5.74) is 3.11. The summed E-state index contributed by atoms with van der Waals surface area (Å²) in [5.74, 6) is 3.23. The van der Waals surface area contributed by atoms with E-state index in [4.69, 9.17) is 18.9 Å². The zero-order chi connectivity index (χ0) is 27.8. The minimum Gasteiger partial charge on any atom is -0.497 e. The average Bonchev–Trinajstić information content (AvgIpc) is 2.95. The molecule has 0 spiro atoms. The van der Waals surface area contributed by atoms with Gasteiger partial charge >= 0.3 is 6.18 Å². The fourth-order valence-electron chi connectivity index (χ4n) is 4.13. The second-order valence-electron chi connectivity index (χ2n) is 8.78. The van der Waals surface area contributed by atoms with Crippen LogP contribution in [-0.4, -0.2) is 27.9 Å². The van der Waals surface area contributed by atoms with E-state index in [1.54, 1.807) is 33.5 Å². The van der Waals surface area contributed by atoms with Crippen molar-refractivity contribution in [3.63, 3.8) is 0 Å². The third kappa shape index (κ3) is 7.23. The molecular weight excluding hydrogens is 507 g/mol. The molecule has 4 aromatic rings. The largest absolute Gasteiger partial charge is 0.497 e. The molecule has 1 N–H and O–H groups in total. The van der Waals surface area contributed by atoms with Crippen molar-refractivity contribution in [2.75, 3.05) is 27.9 Å². The summed E-state index contributed by atoms with van der Waals surface area (Å²) in [6.07, 6.45) is -3.75. The van der Waals surface area contributed by atoms with Gasteiger partial charge in [-0.1, -0.05) is 36.4 Å². The summed E-state index contributed by atoms with van der Waals surface area (Å²) >= 11 is 0. The Morgan fingerprint density at radius 1 is 0.641 bits per heavy atom. The van der Waals surface area contributed by atoms with Gasteiger partial charge in [0, 0.05) is 18.7 Å². The van der Waals surface area contributed by atoms with E-state index in [0.29, 0.717) is 42.5 Å². The third-order valence-corrected chi connectivity index (χ3v) is 6.27. The average molecular weight is 538 g/mol. The van der Waals surface area contributed by atoms with E-state index in [9.17, 15) is 13.2 Å². The van der Waals surface area contributed by atoms with Gasteiger partial charge in [0.25, 0.3) is 0 Å². The normalized spacial score (nSPS) is 11.2. The van der Waals surface area contributed by atoms with E-state index in [1.165, 1.54) is 12.1 Å². The zero-order valence-corrected chi connectivity index (χ0v) is 22.0. The van der Waals surface area contributed by atoms with Crippen LogP contribution in [0.5, 0.6) is 28.7 Å². The maximum atomic E-state index is 12.8. The highest BCUT2D eigenvalue weighted by Crippen LogP contribution is 2.36. The topological polar surface area (TPSA) is 49.0 Å². The van der Waals surface area contributed by atoms with Crippen LogP contribution in [0.25, 0.3) is 11.1 Å². The van der Waals surface area contributed by atoms with Gasteiger partial charge in [-0.2, -0.15) is 13.2 Å². The Balaban J connectivity index is 1.39. The first-order valence-electron chi connectivity index (χ1n) is 12.3. The minimum atomic E-state index is -4.33. The monoisotopic (exact) mass is 537 g/mol. The van der Waals surface area contributed by atoms with Gasteiger partial charge in [0.05, 0.1) is 32.5 Å². The number of ether oxygens (including phenoxy) is 4. The molecule has 0 aliphatic carbocycles. The molecule has 4 aromatic carbocycles. The number of hydrogen-bond acceptors (Lipinski definition) is 5. The molecule has 8 heteroatoms. The first-order chi connectivity index (χ1) is 18.8. The number of rotatable bonds is 11. The fourth-order valence-corrected chi connectivity index (χ4v) is 4.13. The summed E-state index contributed by atoms with van der Waals surface area (Å²) < 4.78 is 60.8. The lowest BCUT2D eigenvalue weighted by atomic mass is 10.1. The van der Waals surface area contributed by atoms with Crippen molar-refractivity contribution in [1.82, 2.24) is 5.32 Å². The van der Waals surface area contributed by atoms with Crippen LogP contribution in [0.2, 0.25) is 0 Å². The quantitative estimate of drug-likeness (QED) is 0.201. The maximum Gasteiger partial charge on any atom is 0.416 e. The van der Waals surface area contributed by atoms with Crippen molar-refractivity contribution in [2.45, 2.75) is 19.1 Å². The molecule has 4 rings (SSSR count). The van der Waals surface area contributed by atoms with Crippen molar-refractivity contribution >= 4 is 0 Å². The van der Waals surface area contributed by atoms with Gasteiger partial charge in [0.2, 0.25) is 0 Å². The van der Waals surface area contributed by atoms with Crippen LogP contribution < -0.4 is 24.3 Å². The van der Waals surface area contributed by atoms with E-state index in [0.717, 1.165) is 40.1 Å².